The van der Waals surface area contributed by atoms with Crippen LogP contribution in [0.2, 0.25) is 5.02 Å². The van der Waals surface area contributed by atoms with Gasteiger partial charge in [0.1, 0.15) is 0 Å². The quantitative estimate of drug-likeness (QED) is 0.731. The van der Waals surface area contributed by atoms with Gasteiger partial charge in [0.2, 0.25) is 5.91 Å². The lowest BCUT2D eigenvalue weighted by Crippen LogP contribution is -2.29. The molecule has 16 heavy (non-hydrogen) atoms. The van der Waals surface area contributed by atoms with Gasteiger partial charge in [-0.05, 0) is 24.6 Å². The van der Waals surface area contributed by atoms with Gasteiger partial charge < -0.3 is 15.7 Å². The summed E-state index contributed by atoms with van der Waals surface area (Å²) in [5.41, 5.74) is 1.40. The minimum absolute atomic E-state index is 0.0486. The first-order valence-electron chi connectivity index (χ1n) is 5.07. The topological polar surface area (TPSA) is 61.4 Å². The first-order valence-corrected chi connectivity index (χ1v) is 5.45. The number of nitrogens with one attached hydrogen (secondary N) is 2. The lowest BCUT2D eigenvalue weighted by molar-refractivity contribution is -0.119. The van der Waals surface area contributed by atoms with E-state index < -0.39 is 0 Å². The van der Waals surface area contributed by atoms with E-state index in [0.29, 0.717) is 17.3 Å². The van der Waals surface area contributed by atoms with E-state index in [1.54, 1.807) is 18.2 Å². The highest BCUT2D eigenvalue weighted by molar-refractivity contribution is 6.33. The van der Waals surface area contributed by atoms with Crippen molar-refractivity contribution >= 4 is 23.2 Å². The minimum atomic E-state index is -0.0898. The number of benzene rings is 1. The molecule has 0 spiro atoms. The molecule has 0 saturated carbocycles. The lowest BCUT2D eigenvalue weighted by atomic mass is 10.2. The predicted octanol–water partition coefficient (Wildman–Crippen LogP) is 1.38. The second-order valence-corrected chi connectivity index (χ2v) is 3.69. The van der Waals surface area contributed by atoms with Crippen molar-refractivity contribution < 1.29 is 9.90 Å². The van der Waals surface area contributed by atoms with Crippen LogP contribution in [0.3, 0.4) is 0 Å². The van der Waals surface area contributed by atoms with Gasteiger partial charge in [0.25, 0.3) is 0 Å². The average Bonchev–Trinajstić information content (AvgIpc) is 2.28. The van der Waals surface area contributed by atoms with Crippen LogP contribution in [0.25, 0.3) is 0 Å². The third kappa shape index (κ3) is 3.72. The number of likely N-dealkylation sites (N-methyl/N-ethyl adjacent to an activating group) is 1. The average molecular weight is 243 g/mol. The van der Waals surface area contributed by atoms with Crippen molar-refractivity contribution in [2.75, 3.05) is 18.4 Å². The van der Waals surface area contributed by atoms with Crippen LogP contribution in [0.15, 0.2) is 18.2 Å². The Morgan fingerprint density at radius 3 is 2.88 bits per heavy atom. The molecule has 1 aromatic carbocycles. The zero-order chi connectivity index (χ0) is 12.0. The first kappa shape index (κ1) is 12.8. The second kappa shape index (κ2) is 6.35. The molecule has 0 saturated heterocycles. The Bertz CT molecular complexity index is 369. The van der Waals surface area contributed by atoms with E-state index in [4.69, 9.17) is 16.7 Å². The SMILES string of the molecule is CCNC(=O)CNc1cc(CO)ccc1Cl. The summed E-state index contributed by atoms with van der Waals surface area (Å²) in [6, 6.07) is 5.15. The number of hydrogen-bond donors (Lipinski definition) is 3. The molecule has 0 aliphatic heterocycles. The summed E-state index contributed by atoms with van der Waals surface area (Å²) in [6.45, 7) is 2.58. The van der Waals surface area contributed by atoms with Gasteiger partial charge in [-0.1, -0.05) is 17.7 Å². The number of rotatable bonds is 5. The molecule has 5 heteroatoms. The van der Waals surface area contributed by atoms with Gasteiger partial charge in [-0.15, -0.1) is 0 Å². The molecule has 4 nitrogen and oxygen atoms in total. The molecule has 0 aliphatic carbocycles. The Labute approximate surface area is 99.6 Å². The zero-order valence-corrected chi connectivity index (χ0v) is 9.84. The number of amides is 1. The highest BCUT2D eigenvalue weighted by Gasteiger charge is 2.03. The van der Waals surface area contributed by atoms with Gasteiger partial charge in [-0.2, -0.15) is 0 Å². The van der Waals surface area contributed by atoms with Crippen molar-refractivity contribution in [2.45, 2.75) is 13.5 Å². The largest absolute Gasteiger partial charge is 0.392 e. The molecule has 0 radical (unpaired) electrons. The third-order valence-corrected chi connectivity index (χ3v) is 2.36. The Hall–Kier alpha value is -1.26. The van der Waals surface area contributed by atoms with Crippen LogP contribution in [-0.4, -0.2) is 24.1 Å². The molecule has 0 aromatic heterocycles. The molecule has 88 valence electrons. The van der Waals surface area contributed by atoms with Crippen molar-refractivity contribution in [2.24, 2.45) is 0 Å². The van der Waals surface area contributed by atoms with Crippen LogP contribution in [0.1, 0.15) is 12.5 Å². The molecule has 0 bridgehead atoms. The Morgan fingerprint density at radius 1 is 1.50 bits per heavy atom. The number of aliphatic hydroxyl groups is 1. The van der Waals surface area contributed by atoms with E-state index in [2.05, 4.69) is 10.6 Å². The van der Waals surface area contributed by atoms with E-state index in [9.17, 15) is 4.79 Å². The highest BCUT2D eigenvalue weighted by atomic mass is 35.5. The molecule has 3 N–H and O–H groups in total. The van der Waals surface area contributed by atoms with Gasteiger partial charge in [0.05, 0.1) is 23.9 Å². The fourth-order valence-electron chi connectivity index (χ4n) is 1.24. The van der Waals surface area contributed by atoms with Crippen LogP contribution in [0, 0.1) is 0 Å². The van der Waals surface area contributed by atoms with Gasteiger partial charge in [0, 0.05) is 6.54 Å². The maximum atomic E-state index is 11.2. The summed E-state index contributed by atoms with van der Waals surface area (Å²) in [5, 5.41) is 15.1. The molecular formula is C11H15ClN2O2. The number of halogens is 1. The third-order valence-electron chi connectivity index (χ3n) is 2.03. The number of aliphatic hydroxyl groups excluding tert-OH is 1. The molecule has 1 rings (SSSR count). The molecule has 1 amide bonds. The summed E-state index contributed by atoms with van der Waals surface area (Å²) in [7, 11) is 0. The summed E-state index contributed by atoms with van der Waals surface area (Å²) < 4.78 is 0. The molecular weight excluding hydrogens is 228 g/mol. The summed E-state index contributed by atoms with van der Waals surface area (Å²) in [4.78, 5) is 11.2. The van der Waals surface area contributed by atoms with Crippen LogP contribution >= 0.6 is 11.6 Å². The fourth-order valence-corrected chi connectivity index (χ4v) is 1.43. The number of carbonyl (C=O) groups excluding carboxylic acids is 1. The fraction of sp³-hybridized carbons (Fsp3) is 0.364. The normalized spacial score (nSPS) is 9.94. The van der Waals surface area contributed by atoms with Crippen molar-refractivity contribution in [3.63, 3.8) is 0 Å². The second-order valence-electron chi connectivity index (χ2n) is 3.28. The number of anilines is 1. The predicted molar refractivity (Wildman–Crippen MR) is 64.5 cm³/mol. The standard InChI is InChI=1S/C11H15ClN2O2/c1-2-13-11(16)6-14-10-5-8(7-15)3-4-9(10)12/h3-5,14-15H,2,6-7H2,1H3,(H,13,16). The van der Waals surface area contributed by atoms with Gasteiger partial charge in [-0.25, -0.2) is 0 Å². The van der Waals surface area contributed by atoms with Gasteiger partial charge in [-0.3, -0.25) is 4.79 Å². The minimum Gasteiger partial charge on any atom is -0.392 e. The number of hydrogen-bond acceptors (Lipinski definition) is 3. The summed E-state index contributed by atoms with van der Waals surface area (Å²) in [5.74, 6) is -0.0898. The monoisotopic (exact) mass is 242 g/mol. The first-order chi connectivity index (χ1) is 7.67. The molecule has 0 unspecified atom stereocenters. The molecule has 0 atom stereocenters. The van der Waals surface area contributed by atoms with Gasteiger partial charge >= 0.3 is 0 Å². The van der Waals surface area contributed by atoms with Crippen LogP contribution in [0.5, 0.6) is 0 Å². The summed E-state index contributed by atoms with van der Waals surface area (Å²) >= 11 is 5.94. The van der Waals surface area contributed by atoms with Crippen molar-refractivity contribution in [3.05, 3.63) is 28.8 Å². The Kier molecular flexibility index (Phi) is 5.08. The zero-order valence-electron chi connectivity index (χ0n) is 9.09. The van der Waals surface area contributed by atoms with Gasteiger partial charge in [0.15, 0.2) is 0 Å². The molecule has 0 aliphatic rings. The van der Waals surface area contributed by atoms with E-state index in [1.165, 1.54) is 0 Å². The number of carbonyl (C=O) groups is 1. The molecule has 1 aromatic rings. The lowest BCUT2D eigenvalue weighted by Gasteiger charge is -2.09. The Morgan fingerprint density at radius 2 is 2.25 bits per heavy atom. The highest BCUT2D eigenvalue weighted by Crippen LogP contribution is 2.22. The van der Waals surface area contributed by atoms with E-state index >= 15 is 0 Å². The van der Waals surface area contributed by atoms with E-state index in [1.807, 2.05) is 6.92 Å². The van der Waals surface area contributed by atoms with Crippen LogP contribution in [-0.2, 0) is 11.4 Å². The van der Waals surface area contributed by atoms with E-state index in [0.717, 1.165) is 5.56 Å². The van der Waals surface area contributed by atoms with Crippen LogP contribution < -0.4 is 10.6 Å². The van der Waals surface area contributed by atoms with Crippen molar-refractivity contribution in [1.82, 2.24) is 5.32 Å². The van der Waals surface area contributed by atoms with Crippen LogP contribution in [0.4, 0.5) is 5.69 Å². The Balaban J connectivity index is 2.62. The summed E-state index contributed by atoms with van der Waals surface area (Å²) in [6.07, 6.45) is 0. The maximum absolute atomic E-state index is 11.2. The maximum Gasteiger partial charge on any atom is 0.239 e. The molecule has 0 heterocycles. The smallest absolute Gasteiger partial charge is 0.239 e. The van der Waals surface area contributed by atoms with Crippen molar-refractivity contribution in [3.8, 4) is 0 Å². The van der Waals surface area contributed by atoms with E-state index in [-0.39, 0.29) is 19.1 Å². The van der Waals surface area contributed by atoms with Crippen molar-refractivity contribution in [1.29, 1.82) is 0 Å². The molecule has 0 fully saturated rings.